The fourth-order valence-corrected chi connectivity index (χ4v) is 1.79. The van der Waals surface area contributed by atoms with E-state index in [0.717, 1.165) is 38.9 Å². The Morgan fingerprint density at radius 1 is 1.47 bits per heavy atom. The monoisotopic (exact) mass is 210 g/mol. The Morgan fingerprint density at radius 2 is 2.33 bits per heavy atom. The van der Waals surface area contributed by atoms with Crippen LogP contribution >= 0.6 is 0 Å². The Balaban J connectivity index is 1.96. The Kier molecular flexibility index (Phi) is 6.09. The molecular formula is C12H22N2O. The predicted molar refractivity (Wildman–Crippen MR) is 62.7 cm³/mol. The normalized spacial score (nSPS) is 19.4. The highest BCUT2D eigenvalue weighted by Crippen LogP contribution is 2.19. The lowest BCUT2D eigenvalue weighted by molar-refractivity contribution is -0.121. The lowest BCUT2D eigenvalue weighted by Gasteiger charge is -2.08. The zero-order valence-corrected chi connectivity index (χ0v) is 9.59. The van der Waals surface area contributed by atoms with Crippen LogP contribution in [0.15, 0.2) is 12.2 Å². The van der Waals surface area contributed by atoms with E-state index in [1.165, 1.54) is 0 Å². The van der Waals surface area contributed by atoms with Crippen LogP contribution in [-0.2, 0) is 4.79 Å². The molecule has 15 heavy (non-hydrogen) atoms. The largest absolute Gasteiger partial charge is 0.356 e. The lowest BCUT2D eigenvalue weighted by Crippen LogP contribution is -2.28. The van der Waals surface area contributed by atoms with E-state index in [1.54, 1.807) is 0 Å². The minimum atomic E-state index is 0.197. The summed E-state index contributed by atoms with van der Waals surface area (Å²) in [5, 5.41) is 6.19. The quantitative estimate of drug-likeness (QED) is 0.493. The molecule has 3 nitrogen and oxygen atoms in total. The summed E-state index contributed by atoms with van der Waals surface area (Å²) in [4.78, 5) is 11.5. The van der Waals surface area contributed by atoms with Crippen LogP contribution in [0.25, 0.3) is 0 Å². The molecule has 1 rings (SSSR count). The predicted octanol–water partition coefficient (Wildman–Crippen LogP) is 1.46. The van der Waals surface area contributed by atoms with E-state index < -0.39 is 0 Å². The Hall–Kier alpha value is -0.830. The average Bonchev–Trinajstić information content (AvgIpc) is 2.70. The van der Waals surface area contributed by atoms with Gasteiger partial charge in [-0.05, 0) is 38.3 Å². The van der Waals surface area contributed by atoms with E-state index >= 15 is 0 Å². The highest BCUT2D eigenvalue weighted by Gasteiger charge is 2.13. The first-order valence-electron chi connectivity index (χ1n) is 5.97. The first-order valence-corrected chi connectivity index (χ1v) is 5.97. The zero-order valence-electron chi connectivity index (χ0n) is 9.59. The van der Waals surface area contributed by atoms with Crippen LogP contribution in [0.2, 0.25) is 0 Å². The van der Waals surface area contributed by atoms with Crippen LogP contribution < -0.4 is 10.6 Å². The molecule has 0 bridgehead atoms. The van der Waals surface area contributed by atoms with Gasteiger partial charge in [-0.3, -0.25) is 4.79 Å². The molecule has 2 N–H and O–H groups in total. The lowest BCUT2D eigenvalue weighted by atomic mass is 10.1. The van der Waals surface area contributed by atoms with Crippen molar-refractivity contribution >= 4 is 5.91 Å². The second-order valence-electron chi connectivity index (χ2n) is 4.03. The second kappa shape index (κ2) is 7.46. The summed E-state index contributed by atoms with van der Waals surface area (Å²) in [5.74, 6) is 0.682. The molecule has 0 saturated carbocycles. The fourth-order valence-electron chi connectivity index (χ4n) is 1.79. The number of carbonyl (C=O) groups excluding carboxylic acids is 1. The van der Waals surface area contributed by atoms with Crippen molar-refractivity contribution in [3.05, 3.63) is 12.2 Å². The summed E-state index contributed by atoms with van der Waals surface area (Å²) in [5.41, 5.74) is 0. The van der Waals surface area contributed by atoms with E-state index in [2.05, 4.69) is 29.7 Å². The second-order valence-corrected chi connectivity index (χ2v) is 4.03. The molecule has 3 heteroatoms. The summed E-state index contributed by atoms with van der Waals surface area (Å²) in [6.07, 6.45) is 8.29. The minimum absolute atomic E-state index is 0.197. The third kappa shape index (κ3) is 5.57. The topological polar surface area (TPSA) is 41.1 Å². The first-order chi connectivity index (χ1) is 7.33. The summed E-state index contributed by atoms with van der Waals surface area (Å²) in [7, 11) is 0. The maximum absolute atomic E-state index is 11.5. The molecule has 0 aromatic heterocycles. The van der Waals surface area contributed by atoms with Gasteiger partial charge in [0, 0.05) is 13.0 Å². The molecule has 0 aromatic rings. The number of amides is 1. The van der Waals surface area contributed by atoms with Crippen molar-refractivity contribution in [2.24, 2.45) is 5.92 Å². The van der Waals surface area contributed by atoms with Crippen LogP contribution in [0.4, 0.5) is 0 Å². The van der Waals surface area contributed by atoms with Gasteiger partial charge in [0.25, 0.3) is 0 Å². The Labute approximate surface area is 92.3 Å². The molecule has 1 amide bonds. The van der Waals surface area contributed by atoms with E-state index in [-0.39, 0.29) is 5.91 Å². The van der Waals surface area contributed by atoms with Crippen LogP contribution in [0.3, 0.4) is 0 Å². The molecule has 0 fully saturated rings. The van der Waals surface area contributed by atoms with E-state index in [9.17, 15) is 4.79 Å². The standard InChI is InChI=1S/C12H22N2O/c1-2-13-8-5-9-14-12(15)10-11-6-3-4-7-11/h3,6,11,13H,2,4-5,7-10H2,1H3,(H,14,15). The summed E-state index contributed by atoms with van der Waals surface area (Å²) in [6, 6.07) is 0. The van der Waals surface area contributed by atoms with E-state index in [1.807, 2.05) is 0 Å². The van der Waals surface area contributed by atoms with Crippen molar-refractivity contribution in [1.29, 1.82) is 0 Å². The number of nitrogens with one attached hydrogen (secondary N) is 2. The molecule has 1 unspecified atom stereocenters. The van der Waals surface area contributed by atoms with Crippen molar-refractivity contribution < 1.29 is 4.79 Å². The number of allylic oxidation sites excluding steroid dienone is 2. The highest BCUT2D eigenvalue weighted by atomic mass is 16.1. The van der Waals surface area contributed by atoms with Crippen LogP contribution in [0.1, 0.15) is 32.6 Å². The van der Waals surface area contributed by atoms with Gasteiger partial charge in [0.1, 0.15) is 0 Å². The molecule has 1 aliphatic rings. The van der Waals surface area contributed by atoms with Crippen molar-refractivity contribution in [1.82, 2.24) is 10.6 Å². The number of rotatable bonds is 7. The number of hydrogen-bond donors (Lipinski definition) is 2. The molecule has 0 heterocycles. The maximum atomic E-state index is 11.5. The smallest absolute Gasteiger partial charge is 0.220 e. The molecule has 0 saturated heterocycles. The van der Waals surface area contributed by atoms with E-state index in [4.69, 9.17) is 0 Å². The first kappa shape index (κ1) is 12.2. The van der Waals surface area contributed by atoms with Gasteiger partial charge in [-0.2, -0.15) is 0 Å². The van der Waals surface area contributed by atoms with Crippen molar-refractivity contribution in [2.45, 2.75) is 32.6 Å². The molecule has 0 aliphatic heterocycles. The van der Waals surface area contributed by atoms with Gasteiger partial charge < -0.3 is 10.6 Å². The zero-order chi connectivity index (χ0) is 10.9. The maximum Gasteiger partial charge on any atom is 0.220 e. The molecule has 1 aliphatic carbocycles. The van der Waals surface area contributed by atoms with Crippen molar-refractivity contribution in [3.8, 4) is 0 Å². The Bertz CT molecular complexity index is 214. The van der Waals surface area contributed by atoms with Gasteiger partial charge in [0.2, 0.25) is 5.91 Å². The molecule has 1 atom stereocenters. The third-order valence-electron chi connectivity index (χ3n) is 2.66. The van der Waals surface area contributed by atoms with E-state index in [0.29, 0.717) is 12.3 Å². The Morgan fingerprint density at radius 3 is 3.00 bits per heavy atom. The molecule has 0 spiro atoms. The van der Waals surface area contributed by atoms with Crippen molar-refractivity contribution in [2.75, 3.05) is 19.6 Å². The summed E-state index contributed by atoms with van der Waals surface area (Å²) >= 11 is 0. The number of carbonyl (C=O) groups is 1. The van der Waals surface area contributed by atoms with Crippen LogP contribution in [0, 0.1) is 5.92 Å². The third-order valence-corrected chi connectivity index (χ3v) is 2.66. The molecular weight excluding hydrogens is 188 g/mol. The van der Waals surface area contributed by atoms with Gasteiger partial charge >= 0.3 is 0 Å². The van der Waals surface area contributed by atoms with Gasteiger partial charge in [-0.25, -0.2) is 0 Å². The average molecular weight is 210 g/mol. The fraction of sp³-hybridized carbons (Fsp3) is 0.750. The van der Waals surface area contributed by atoms with Crippen LogP contribution in [0.5, 0.6) is 0 Å². The molecule has 0 radical (unpaired) electrons. The van der Waals surface area contributed by atoms with Crippen molar-refractivity contribution in [3.63, 3.8) is 0 Å². The molecule has 86 valence electrons. The SMILES string of the molecule is CCNCCCNC(=O)CC1C=CCC1. The molecule has 0 aromatic carbocycles. The van der Waals surface area contributed by atoms with Gasteiger partial charge in [-0.15, -0.1) is 0 Å². The highest BCUT2D eigenvalue weighted by molar-refractivity contribution is 5.76. The van der Waals surface area contributed by atoms with Gasteiger partial charge in [-0.1, -0.05) is 19.1 Å². The number of hydrogen-bond acceptors (Lipinski definition) is 2. The summed E-state index contributed by atoms with van der Waals surface area (Å²) in [6.45, 7) is 4.87. The summed E-state index contributed by atoms with van der Waals surface area (Å²) < 4.78 is 0. The minimum Gasteiger partial charge on any atom is -0.356 e. The van der Waals surface area contributed by atoms with Gasteiger partial charge in [0.15, 0.2) is 0 Å². The van der Waals surface area contributed by atoms with Crippen LogP contribution in [-0.4, -0.2) is 25.5 Å². The van der Waals surface area contributed by atoms with Gasteiger partial charge in [0.05, 0.1) is 0 Å².